The van der Waals surface area contributed by atoms with Gasteiger partial charge in [-0.05, 0) is 46.1 Å². The van der Waals surface area contributed by atoms with Crippen LogP contribution >= 0.6 is 11.6 Å². The third-order valence-electron chi connectivity index (χ3n) is 2.67. The number of halogens is 2. The van der Waals surface area contributed by atoms with Gasteiger partial charge in [0.05, 0.1) is 0 Å². The molecule has 1 unspecified atom stereocenters. The standard InChI is InChI=1S/C13H20ClFN2/c1-10(6-7-17(2)3)16-9-11-4-5-12(14)8-13(11)15/h4-5,8,10,16H,6-7,9H2,1-3H3. The van der Waals surface area contributed by atoms with Gasteiger partial charge in [-0.2, -0.15) is 0 Å². The number of nitrogens with one attached hydrogen (secondary N) is 1. The van der Waals surface area contributed by atoms with E-state index >= 15 is 0 Å². The average Bonchev–Trinajstić information content (AvgIpc) is 2.25. The molecule has 0 bridgehead atoms. The van der Waals surface area contributed by atoms with Gasteiger partial charge in [0.1, 0.15) is 5.82 Å². The van der Waals surface area contributed by atoms with Crippen LogP contribution in [-0.2, 0) is 6.54 Å². The Morgan fingerprint density at radius 2 is 2.12 bits per heavy atom. The molecule has 0 aromatic heterocycles. The summed E-state index contributed by atoms with van der Waals surface area (Å²) in [6, 6.07) is 5.16. The van der Waals surface area contributed by atoms with E-state index in [9.17, 15) is 4.39 Å². The van der Waals surface area contributed by atoms with Crippen LogP contribution in [0.1, 0.15) is 18.9 Å². The van der Waals surface area contributed by atoms with Crippen LogP contribution in [0.5, 0.6) is 0 Å². The fourth-order valence-electron chi connectivity index (χ4n) is 1.50. The molecule has 0 aliphatic heterocycles. The largest absolute Gasteiger partial charge is 0.310 e. The molecule has 1 aromatic carbocycles. The van der Waals surface area contributed by atoms with Crippen molar-refractivity contribution in [3.8, 4) is 0 Å². The van der Waals surface area contributed by atoms with E-state index in [0.717, 1.165) is 13.0 Å². The Hall–Kier alpha value is -0.640. The summed E-state index contributed by atoms with van der Waals surface area (Å²) in [6.45, 7) is 3.67. The zero-order valence-corrected chi connectivity index (χ0v) is 11.4. The second kappa shape index (κ2) is 6.94. The first-order valence-electron chi connectivity index (χ1n) is 5.81. The molecule has 96 valence electrons. The maximum Gasteiger partial charge on any atom is 0.129 e. The van der Waals surface area contributed by atoms with Crippen molar-refractivity contribution in [1.82, 2.24) is 10.2 Å². The van der Waals surface area contributed by atoms with Gasteiger partial charge in [0.2, 0.25) is 0 Å². The number of hydrogen-bond donors (Lipinski definition) is 1. The van der Waals surface area contributed by atoms with E-state index in [-0.39, 0.29) is 5.82 Å². The van der Waals surface area contributed by atoms with Gasteiger partial charge in [-0.1, -0.05) is 17.7 Å². The molecule has 0 aliphatic carbocycles. The van der Waals surface area contributed by atoms with Crippen LogP contribution in [0, 0.1) is 5.82 Å². The lowest BCUT2D eigenvalue weighted by molar-refractivity contribution is 0.365. The smallest absolute Gasteiger partial charge is 0.129 e. The van der Waals surface area contributed by atoms with E-state index in [2.05, 4.69) is 17.1 Å². The molecule has 0 fully saturated rings. The average molecular weight is 259 g/mol. The Balaban J connectivity index is 2.39. The monoisotopic (exact) mass is 258 g/mol. The minimum Gasteiger partial charge on any atom is -0.310 e. The van der Waals surface area contributed by atoms with Crippen molar-refractivity contribution >= 4 is 11.6 Å². The van der Waals surface area contributed by atoms with E-state index in [0.29, 0.717) is 23.2 Å². The first-order valence-corrected chi connectivity index (χ1v) is 6.19. The van der Waals surface area contributed by atoms with E-state index < -0.39 is 0 Å². The van der Waals surface area contributed by atoms with Crippen molar-refractivity contribution in [3.63, 3.8) is 0 Å². The molecular weight excluding hydrogens is 239 g/mol. The van der Waals surface area contributed by atoms with Crippen LogP contribution in [0.2, 0.25) is 5.02 Å². The molecular formula is C13H20ClFN2. The van der Waals surface area contributed by atoms with Crippen LogP contribution < -0.4 is 5.32 Å². The van der Waals surface area contributed by atoms with Crippen molar-refractivity contribution in [2.75, 3.05) is 20.6 Å². The molecule has 0 spiro atoms. The van der Waals surface area contributed by atoms with Crippen molar-refractivity contribution in [3.05, 3.63) is 34.6 Å². The molecule has 1 N–H and O–H groups in total. The minimum atomic E-state index is -0.246. The Bertz CT molecular complexity index is 355. The molecule has 0 radical (unpaired) electrons. The van der Waals surface area contributed by atoms with Crippen LogP contribution in [0.25, 0.3) is 0 Å². The van der Waals surface area contributed by atoms with E-state index in [4.69, 9.17) is 11.6 Å². The fraction of sp³-hybridized carbons (Fsp3) is 0.538. The van der Waals surface area contributed by atoms with Crippen LogP contribution in [0.15, 0.2) is 18.2 Å². The Kier molecular flexibility index (Phi) is 5.89. The number of hydrogen-bond acceptors (Lipinski definition) is 2. The van der Waals surface area contributed by atoms with E-state index in [1.807, 2.05) is 14.1 Å². The Morgan fingerprint density at radius 1 is 1.41 bits per heavy atom. The molecule has 0 aliphatic rings. The second-order valence-electron chi connectivity index (χ2n) is 4.61. The quantitative estimate of drug-likeness (QED) is 0.844. The molecule has 1 atom stereocenters. The summed E-state index contributed by atoms with van der Waals surface area (Å²) < 4.78 is 13.5. The zero-order valence-electron chi connectivity index (χ0n) is 10.6. The van der Waals surface area contributed by atoms with Gasteiger partial charge in [0.25, 0.3) is 0 Å². The summed E-state index contributed by atoms with van der Waals surface area (Å²) in [5, 5.41) is 3.74. The molecule has 1 aromatic rings. The topological polar surface area (TPSA) is 15.3 Å². The third-order valence-corrected chi connectivity index (χ3v) is 2.90. The van der Waals surface area contributed by atoms with Crippen molar-refractivity contribution in [2.24, 2.45) is 0 Å². The lowest BCUT2D eigenvalue weighted by atomic mass is 10.2. The van der Waals surface area contributed by atoms with Gasteiger partial charge < -0.3 is 10.2 Å². The summed E-state index contributed by atoms with van der Waals surface area (Å²) in [5.41, 5.74) is 0.658. The number of rotatable bonds is 6. The van der Waals surface area contributed by atoms with Gasteiger partial charge >= 0.3 is 0 Å². The molecule has 0 amide bonds. The fourth-order valence-corrected chi connectivity index (χ4v) is 1.66. The zero-order chi connectivity index (χ0) is 12.8. The van der Waals surface area contributed by atoms with E-state index in [1.54, 1.807) is 12.1 Å². The summed E-state index contributed by atoms with van der Waals surface area (Å²) in [6.07, 6.45) is 1.04. The number of nitrogens with zero attached hydrogens (tertiary/aromatic N) is 1. The molecule has 2 nitrogen and oxygen atoms in total. The highest BCUT2D eigenvalue weighted by molar-refractivity contribution is 6.30. The van der Waals surface area contributed by atoms with Crippen LogP contribution in [-0.4, -0.2) is 31.6 Å². The van der Waals surface area contributed by atoms with Gasteiger partial charge in [-0.15, -0.1) is 0 Å². The minimum absolute atomic E-state index is 0.246. The van der Waals surface area contributed by atoms with Crippen LogP contribution in [0.3, 0.4) is 0 Å². The second-order valence-corrected chi connectivity index (χ2v) is 5.05. The SMILES string of the molecule is CC(CCN(C)C)NCc1ccc(Cl)cc1F. The lowest BCUT2D eigenvalue weighted by Crippen LogP contribution is -2.29. The molecule has 1 rings (SSSR count). The highest BCUT2D eigenvalue weighted by Gasteiger charge is 2.06. The highest BCUT2D eigenvalue weighted by atomic mass is 35.5. The van der Waals surface area contributed by atoms with Gasteiger partial charge in [-0.25, -0.2) is 4.39 Å². The van der Waals surface area contributed by atoms with Crippen molar-refractivity contribution < 1.29 is 4.39 Å². The first kappa shape index (κ1) is 14.4. The predicted molar refractivity (Wildman–Crippen MR) is 70.9 cm³/mol. The summed E-state index contributed by atoms with van der Waals surface area (Å²) >= 11 is 5.70. The molecule has 0 saturated heterocycles. The Morgan fingerprint density at radius 3 is 2.71 bits per heavy atom. The van der Waals surface area contributed by atoms with Gasteiger partial charge in [0.15, 0.2) is 0 Å². The maximum absolute atomic E-state index is 13.5. The third kappa shape index (κ3) is 5.48. The predicted octanol–water partition coefficient (Wildman–Crippen LogP) is 2.91. The highest BCUT2D eigenvalue weighted by Crippen LogP contribution is 2.14. The maximum atomic E-state index is 13.5. The molecule has 0 saturated carbocycles. The van der Waals surface area contributed by atoms with Crippen molar-refractivity contribution in [2.45, 2.75) is 25.9 Å². The van der Waals surface area contributed by atoms with Gasteiger partial charge in [-0.3, -0.25) is 0 Å². The number of benzene rings is 1. The Labute approximate surface area is 108 Å². The normalized spacial score (nSPS) is 13.1. The summed E-state index contributed by atoms with van der Waals surface area (Å²) in [5.74, 6) is -0.246. The molecule has 0 heterocycles. The van der Waals surface area contributed by atoms with E-state index in [1.165, 1.54) is 6.07 Å². The first-order chi connectivity index (χ1) is 7.99. The van der Waals surface area contributed by atoms with Gasteiger partial charge in [0, 0.05) is 23.2 Å². The molecule has 17 heavy (non-hydrogen) atoms. The van der Waals surface area contributed by atoms with Crippen molar-refractivity contribution in [1.29, 1.82) is 0 Å². The summed E-state index contributed by atoms with van der Waals surface area (Å²) in [4.78, 5) is 2.14. The van der Waals surface area contributed by atoms with Crippen LogP contribution in [0.4, 0.5) is 4.39 Å². The summed E-state index contributed by atoms with van der Waals surface area (Å²) in [7, 11) is 4.09. The lowest BCUT2D eigenvalue weighted by Gasteiger charge is -2.17. The molecule has 4 heteroatoms.